The third-order valence-electron chi connectivity index (χ3n) is 2.94. The zero-order valence-electron chi connectivity index (χ0n) is 10.6. The molecule has 0 fully saturated rings. The molecule has 0 bridgehead atoms. The maximum absolute atomic E-state index is 5.51. The molecule has 0 aliphatic heterocycles. The maximum atomic E-state index is 5.51. The van der Waals surface area contributed by atoms with Crippen molar-refractivity contribution in [3.63, 3.8) is 0 Å². The standard InChI is InChI=1S/C13H15N5O/c1-19-11-4-2-9(3-5-11)12-16-13-15-10(6-7-14)8-18(13)17-12/h2-5,8H,6-7,14H2,1H3,(H,15,16,17). The van der Waals surface area contributed by atoms with E-state index in [1.807, 2.05) is 35.0 Å². The van der Waals surface area contributed by atoms with Crippen molar-refractivity contribution < 1.29 is 4.74 Å². The lowest BCUT2D eigenvalue weighted by molar-refractivity contribution is 0.415. The summed E-state index contributed by atoms with van der Waals surface area (Å²) in [4.78, 5) is 8.85. The van der Waals surface area contributed by atoms with Crippen LogP contribution in [0.5, 0.6) is 5.75 Å². The number of methoxy groups -OCH3 is 1. The number of aromatic amines is 1. The molecule has 6 nitrogen and oxygen atoms in total. The van der Waals surface area contributed by atoms with Crippen molar-refractivity contribution in [2.75, 3.05) is 13.7 Å². The SMILES string of the molecule is COc1ccc(-c2nc3nc(CCN)cn3[nH]2)cc1. The lowest BCUT2D eigenvalue weighted by atomic mass is 10.2. The van der Waals surface area contributed by atoms with Gasteiger partial charge in [-0.1, -0.05) is 0 Å². The Morgan fingerprint density at radius 2 is 2.05 bits per heavy atom. The van der Waals surface area contributed by atoms with Gasteiger partial charge in [-0.3, -0.25) is 5.10 Å². The molecule has 0 unspecified atom stereocenters. The number of nitrogens with zero attached hydrogens (tertiary/aromatic N) is 3. The second-order valence-corrected chi connectivity index (χ2v) is 4.24. The molecule has 0 saturated carbocycles. The van der Waals surface area contributed by atoms with Crippen LogP contribution < -0.4 is 10.5 Å². The summed E-state index contributed by atoms with van der Waals surface area (Å²) >= 11 is 0. The fourth-order valence-electron chi connectivity index (χ4n) is 1.96. The number of benzene rings is 1. The topological polar surface area (TPSA) is 81.2 Å². The van der Waals surface area contributed by atoms with Gasteiger partial charge in [-0.15, -0.1) is 0 Å². The van der Waals surface area contributed by atoms with Crippen LogP contribution in [0.15, 0.2) is 30.5 Å². The zero-order chi connectivity index (χ0) is 13.2. The summed E-state index contributed by atoms with van der Waals surface area (Å²) in [6.07, 6.45) is 2.68. The van der Waals surface area contributed by atoms with Crippen LogP contribution in [0.25, 0.3) is 17.2 Å². The van der Waals surface area contributed by atoms with Crippen LogP contribution in [0.4, 0.5) is 0 Å². The van der Waals surface area contributed by atoms with Gasteiger partial charge < -0.3 is 10.5 Å². The van der Waals surface area contributed by atoms with Gasteiger partial charge in [0, 0.05) is 12.0 Å². The van der Waals surface area contributed by atoms with Crippen LogP contribution in [0.3, 0.4) is 0 Å². The number of rotatable bonds is 4. The van der Waals surface area contributed by atoms with Gasteiger partial charge in [-0.25, -0.2) is 9.50 Å². The molecule has 0 spiro atoms. The zero-order valence-corrected chi connectivity index (χ0v) is 10.6. The van der Waals surface area contributed by atoms with E-state index in [1.54, 1.807) is 7.11 Å². The highest BCUT2D eigenvalue weighted by molar-refractivity contribution is 5.58. The van der Waals surface area contributed by atoms with E-state index in [9.17, 15) is 0 Å². The number of imidazole rings is 1. The number of ether oxygens (including phenoxy) is 1. The highest BCUT2D eigenvalue weighted by atomic mass is 16.5. The molecule has 98 valence electrons. The van der Waals surface area contributed by atoms with Gasteiger partial charge in [0.15, 0.2) is 5.82 Å². The first-order valence-corrected chi connectivity index (χ1v) is 6.08. The van der Waals surface area contributed by atoms with Gasteiger partial charge in [0.1, 0.15) is 5.75 Å². The van der Waals surface area contributed by atoms with Crippen molar-refractivity contribution >= 4 is 5.78 Å². The summed E-state index contributed by atoms with van der Waals surface area (Å²) in [5.41, 5.74) is 7.45. The average molecular weight is 257 g/mol. The molecule has 0 aliphatic rings. The van der Waals surface area contributed by atoms with E-state index in [2.05, 4.69) is 15.1 Å². The summed E-state index contributed by atoms with van der Waals surface area (Å²) in [6, 6.07) is 7.72. The minimum absolute atomic E-state index is 0.589. The van der Waals surface area contributed by atoms with Crippen LogP contribution in [-0.2, 0) is 6.42 Å². The van der Waals surface area contributed by atoms with E-state index in [0.717, 1.165) is 29.3 Å². The van der Waals surface area contributed by atoms with Crippen molar-refractivity contribution in [3.05, 3.63) is 36.2 Å². The second kappa shape index (κ2) is 4.74. The van der Waals surface area contributed by atoms with E-state index >= 15 is 0 Å². The molecule has 3 rings (SSSR count). The molecule has 2 heterocycles. The molecule has 0 radical (unpaired) electrons. The number of aromatic nitrogens is 4. The largest absolute Gasteiger partial charge is 0.497 e. The van der Waals surface area contributed by atoms with Crippen molar-refractivity contribution in [3.8, 4) is 17.1 Å². The first-order chi connectivity index (χ1) is 9.30. The first kappa shape index (κ1) is 11.7. The number of hydrogen-bond donors (Lipinski definition) is 2. The predicted octanol–water partition coefficient (Wildman–Crippen LogP) is 1.23. The molecule has 0 aliphatic carbocycles. The number of hydrogen-bond acceptors (Lipinski definition) is 4. The highest BCUT2D eigenvalue weighted by Gasteiger charge is 2.08. The number of H-pyrrole nitrogens is 1. The Bertz CT molecular complexity index is 651. The molecular formula is C13H15N5O. The molecule has 19 heavy (non-hydrogen) atoms. The maximum Gasteiger partial charge on any atom is 0.251 e. The lowest BCUT2D eigenvalue weighted by Crippen LogP contribution is -2.02. The van der Waals surface area contributed by atoms with Gasteiger partial charge in [-0.05, 0) is 30.8 Å². The summed E-state index contributed by atoms with van der Waals surface area (Å²) < 4.78 is 6.94. The van der Waals surface area contributed by atoms with Crippen molar-refractivity contribution in [1.82, 2.24) is 19.6 Å². The summed E-state index contributed by atoms with van der Waals surface area (Å²) in [7, 11) is 1.65. The van der Waals surface area contributed by atoms with Gasteiger partial charge in [0.05, 0.1) is 19.0 Å². The van der Waals surface area contributed by atoms with Crippen molar-refractivity contribution in [1.29, 1.82) is 0 Å². The Morgan fingerprint density at radius 1 is 1.26 bits per heavy atom. The van der Waals surface area contributed by atoms with Gasteiger partial charge in [-0.2, -0.15) is 4.98 Å². The van der Waals surface area contributed by atoms with E-state index in [-0.39, 0.29) is 0 Å². The van der Waals surface area contributed by atoms with Crippen LogP contribution >= 0.6 is 0 Å². The lowest BCUT2D eigenvalue weighted by Gasteiger charge is -2.00. The van der Waals surface area contributed by atoms with Crippen LogP contribution in [-0.4, -0.2) is 33.2 Å². The van der Waals surface area contributed by atoms with E-state index in [4.69, 9.17) is 10.5 Å². The summed E-state index contributed by atoms with van der Waals surface area (Å²) in [5.74, 6) is 2.27. The molecule has 1 aromatic carbocycles. The second-order valence-electron chi connectivity index (χ2n) is 4.24. The highest BCUT2D eigenvalue weighted by Crippen LogP contribution is 2.19. The Hall–Kier alpha value is -2.34. The number of nitrogens with two attached hydrogens (primary N) is 1. The molecule has 2 aromatic heterocycles. The molecule has 0 amide bonds. The van der Waals surface area contributed by atoms with E-state index < -0.39 is 0 Å². The quantitative estimate of drug-likeness (QED) is 0.736. The first-order valence-electron chi connectivity index (χ1n) is 6.08. The summed E-state index contributed by atoms with van der Waals surface area (Å²) in [6.45, 7) is 0.589. The Kier molecular flexibility index (Phi) is 2.92. The third kappa shape index (κ3) is 2.17. The van der Waals surface area contributed by atoms with Crippen molar-refractivity contribution in [2.24, 2.45) is 5.73 Å². The van der Waals surface area contributed by atoms with Crippen LogP contribution in [0, 0.1) is 0 Å². The molecule has 6 heteroatoms. The monoisotopic (exact) mass is 257 g/mol. The molecule has 0 saturated heterocycles. The average Bonchev–Trinajstić information content (AvgIpc) is 2.97. The van der Waals surface area contributed by atoms with Gasteiger partial charge >= 0.3 is 0 Å². The normalized spacial score (nSPS) is 11.1. The molecule has 0 atom stereocenters. The number of fused-ring (bicyclic) bond motifs is 1. The molecule has 3 aromatic rings. The van der Waals surface area contributed by atoms with Crippen LogP contribution in [0.2, 0.25) is 0 Å². The third-order valence-corrected chi connectivity index (χ3v) is 2.94. The minimum Gasteiger partial charge on any atom is -0.497 e. The predicted molar refractivity (Wildman–Crippen MR) is 72.1 cm³/mol. The Morgan fingerprint density at radius 3 is 2.68 bits per heavy atom. The van der Waals surface area contributed by atoms with Crippen molar-refractivity contribution in [2.45, 2.75) is 6.42 Å². The Balaban J connectivity index is 1.93. The Labute approximate surface area is 110 Å². The fourth-order valence-corrected chi connectivity index (χ4v) is 1.96. The summed E-state index contributed by atoms with van der Waals surface area (Å²) in [5, 5.41) is 3.19. The fraction of sp³-hybridized carbons (Fsp3) is 0.231. The van der Waals surface area contributed by atoms with Crippen LogP contribution in [0.1, 0.15) is 5.69 Å². The molecule has 3 N–H and O–H groups in total. The van der Waals surface area contributed by atoms with E-state index in [0.29, 0.717) is 12.3 Å². The number of nitrogens with one attached hydrogen (secondary N) is 1. The van der Waals surface area contributed by atoms with E-state index in [1.165, 1.54) is 0 Å². The van der Waals surface area contributed by atoms with Gasteiger partial charge in [0.2, 0.25) is 0 Å². The smallest absolute Gasteiger partial charge is 0.251 e. The minimum atomic E-state index is 0.589. The van der Waals surface area contributed by atoms with Gasteiger partial charge in [0.25, 0.3) is 5.78 Å². The molecular weight excluding hydrogens is 242 g/mol.